The van der Waals surface area contributed by atoms with E-state index in [1.54, 1.807) is 23.3 Å². The molecule has 136 valence electrons. The van der Waals surface area contributed by atoms with Crippen LogP contribution in [0.2, 0.25) is 0 Å². The van der Waals surface area contributed by atoms with Gasteiger partial charge in [0.2, 0.25) is 17.6 Å². The van der Waals surface area contributed by atoms with Crippen LogP contribution in [0.25, 0.3) is 11.4 Å². The summed E-state index contributed by atoms with van der Waals surface area (Å²) < 4.78 is 5.32. The predicted molar refractivity (Wildman–Crippen MR) is 103 cm³/mol. The summed E-state index contributed by atoms with van der Waals surface area (Å²) in [5, 5.41) is 6.01. The molecule has 0 aliphatic carbocycles. The minimum Gasteiger partial charge on any atom is -0.337 e. The van der Waals surface area contributed by atoms with Crippen LogP contribution >= 0.6 is 11.3 Å². The maximum Gasteiger partial charge on any atom is 0.246 e. The van der Waals surface area contributed by atoms with Crippen molar-refractivity contribution < 1.29 is 9.32 Å². The number of nitrogens with zero attached hydrogens (tertiary/aromatic N) is 3. The van der Waals surface area contributed by atoms with Crippen LogP contribution in [0, 0.1) is 0 Å². The number of rotatable bonds is 5. The lowest BCUT2D eigenvalue weighted by molar-refractivity contribution is -0.129. The summed E-state index contributed by atoms with van der Waals surface area (Å²) in [4.78, 5) is 19.3. The molecule has 0 aliphatic heterocycles. The Kier molecular flexibility index (Phi) is 5.23. The lowest BCUT2D eigenvalue weighted by Gasteiger charge is -2.18. The molecule has 2 heterocycles. The standard InChI is InChI=1S/C20H23N3O2S/c1-20(2,3)15-9-7-14(8-10-15)19-21-17(25-22-19)13-23(4)18(24)12-16-6-5-11-26-16/h5-11H,12-13H2,1-4H3. The fraction of sp³-hybridized carbons (Fsp3) is 0.350. The van der Waals surface area contributed by atoms with E-state index in [-0.39, 0.29) is 11.3 Å². The van der Waals surface area contributed by atoms with Crippen molar-refractivity contribution in [3.05, 3.63) is 58.1 Å². The minimum atomic E-state index is 0.0294. The molecular formula is C20H23N3O2S. The highest BCUT2D eigenvalue weighted by Gasteiger charge is 2.17. The van der Waals surface area contributed by atoms with E-state index in [9.17, 15) is 4.79 Å². The second kappa shape index (κ2) is 7.41. The van der Waals surface area contributed by atoms with Gasteiger partial charge in [0.15, 0.2) is 0 Å². The zero-order chi connectivity index (χ0) is 18.7. The second-order valence-corrected chi connectivity index (χ2v) is 8.38. The van der Waals surface area contributed by atoms with E-state index in [1.165, 1.54) is 5.56 Å². The molecule has 0 aliphatic rings. The summed E-state index contributed by atoms with van der Waals surface area (Å²) in [6.07, 6.45) is 0.392. The van der Waals surface area contributed by atoms with Gasteiger partial charge in [-0.3, -0.25) is 4.79 Å². The lowest BCUT2D eigenvalue weighted by atomic mass is 9.87. The van der Waals surface area contributed by atoms with Crippen LogP contribution in [0.3, 0.4) is 0 Å². The molecular weight excluding hydrogens is 346 g/mol. The molecule has 0 saturated heterocycles. The Morgan fingerprint density at radius 1 is 1.19 bits per heavy atom. The van der Waals surface area contributed by atoms with Gasteiger partial charge in [-0.05, 0) is 22.4 Å². The van der Waals surface area contributed by atoms with Gasteiger partial charge >= 0.3 is 0 Å². The van der Waals surface area contributed by atoms with E-state index in [1.807, 2.05) is 29.6 Å². The number of amides is 1. The third-order valence-corrected chi connectivity index (χ3v) is 5.06. The highest BCUT2D eigenvalue weighted by Crippen LogP contribution is 2.25. The maximum atomic E-state index is 12.3. The molecule has 0 N–H and O–H groups in total. The Labute approximate surface area is 157 Å². The van der Waals surface area contributed by atoms with E-state index in [0.29, 0.717) is 24.7 Å². The van der Waals surface area contributed by atoms with Crippen molar-refractivity contribution >= 4 is 17.2 Å². The van der Waals surface area contributed by atoms with Crippen LogP contribution < -0.4 is 0 Å². The van der Waals surface area contributed by atoms with Gasteiger partial charge in [0.1, 0.15) is 0 Å². The van der Waals surface area contributed by atoms with Crippen LogP contribution in [-0.4, -0.2) is 28.0 Å². The molecule has 3 aromatic rings. The number of hydrogen-bond donors (Lipinski definition) is 0. The summed E-state index contributed by atoms with van der Waals surface area (Å²) in [7, 11) is 1.75. The molecule has 1 amide bonds. The number of aromatic nitrogens is 2. The third kappa shape index (κ3) is 4.38. The number of carbonyl (C=O) groups is 1. The Balaban J connectivity index is 1.65. The molecule has 2 aromatic heterocycles. The molecule has 26 heavy (non-hydrogen) atoms. The van der Waals surface area contributed by atoms with Crippen LogP contribution in [-0.2, 0) is 23.2 Å². The molecule has 0 bridgehead atoms. The van der Waals surface area contributed by atoms with Crippen molar-refractivity contribution in [1.82, 2.24) is 15.0 Å². The zero-order valence-electron chi connectivity index (χ0n) is 15.5. The first-order valence-electron chi connectivity index (χ1n) is 8.53. The normalized spacial score (nSPS) is 11.5. The van der Waals surface area contributed by atoms with E-state index >= 15 is 0 Å². The van der Waals surface area contributed by atoms with Crippen LogP contribution in [0.5, 0.6) is 0 Å². The van der Waals surface area contributed by atoms with Gasteiger partial charge in [0, 0.05) is 17.5 Å². The number of likely N-dealkylation sites (N-methyl/N-ethyl adjacent to an activating group) is 1. The van der Waals surface area contributed by atoms with Gasteiger partial charge in [-0.1, -0.05) is 56.3 Å². The molecule has 6 heteroatoms. The minimum absolute atomic E-state index is 0.0294. The topological polar surface area (TPSA) is 59.2 Å². The molecule has 0 atom stereocenters. The van der Waals surface area contributed by atoms with E-state index in [0.717, 1.165) is 10.4 Å². The Morgan fingerprint density at radius 2 is 1.92 bits per heavy atom. The third-order valence-electron chi connectivity index (χ3n) is 4.18. The molecule has 0 spiro atoms. The van der Waals surface area contributed by atoms with Gasteiger partial charge < -0.3 is 9.42 Å². The maximum absolute atomic E-state index is 12.3. The summed E-state index contributed by atoms with van der Waals surface area (Å²) in [5.74, 6) is 1.00. The number of hydrogen-bond acceptors (Lipinski definition) is 5. The van der Waals surface area contributed by atoms with Gasteiger partial charge in [-0.2, -0.15) is 4.98 Å². The summed E-state index contributed by atoms with van der Waals surface area (Å²) in [6, 6.07) is 12.1. The molecule has 0 radical (unpaired) electrons. The van der Waals surface area contributed by atoms with Crippen LogP contribution in [0.15, 0.2) is 46.3 Å². The smallest absolute Gasteiger partial charge is 0.246 e. The van der Waals surface area contributed by atoms with E-state index in [2.05, 4.69) is 43.0 Å². The van der Waals surface area contributed by atoms with Gasteiger partial charge in [0.25, 0.3) is 0 Å². The van der Waals surface area contributed by atoms with Crippen molar-refractivity contribution in [2.45, 2.75) is 39.2 Å². The fourth-order valence-corrected chi connectivity index (χ4v) is 3.24. The van der Waals surface area contributed by atoms with Crippen molar-refractivity contribution in [3.8, 4) is 11.4 Å². The molecule has 1 aromatic carbocycles. The highest BCUT2D eigenvalue weighted by atomic mass is 32.1. The highest BCUT2D eigenvalue weighted by molar-refractivity contribution is 7.10. The zero-order valence-corrected chi connectivity index (χ0v) is 16.3. The average Bonchev–Trinajstić information content (AvgIpc) is 3.26. The second-order valence-electron chi connectivity index (χ2n) is 7.35. The first kappa shape index (κ1) is 18.3. The monoisotopic (exact) mass is 369 g/mol. The number of carbonyl (C=O) groups excluding carboxylic acids is 1. The molecule has 5 nitrogen and oxygen atoms in total. The fourth-order valence-electron chi connectivity index (χ4n) is 2.54. The lowest BCUT2D eigenvalue weighted by Crippen LogP contribution is -2.27. The Bertz CT molecular complexity index is 861. The molecule has 0 unspecified atom stereocenters. The summed E-state index contributed by atoms with van der Waals surface area (Å²) in [6.45, 7) is 6.84. The summed E-state index contributed by atoms with van der Waals surface area (Å²) in [5.41, 5.74) is 2.26. The van der Waals surface area contributed by atoms with Crippen molar-refractivity contribution in [1.29, 1.82) is 0 Å². The first-order chi connectivity index (χ1) is 12.3. The SMILES string of the molecule is CN(Cc1nc(-c2ccc(C(C)(C)C)cc2)no1)C(=O)Cc1cccs1. The van der Waals surface area contributed by atoms with Crippen molar-refractivity contribution in [3.63, 3.8) is 0 Å². The van der Waals surface area contributed by atoms with Gasteiger partial charge in [0.05, 0.1) is 13.0 Å². The predicted octanol–water partition coefficient (Wildman–Crippen LogP) is 4.30. The Hall–Kier alpha value is -2.47. The van der Waals surface area contributed by atoms with Crippen molar-refractivity contribution in [2.75, 3.05) is 7.05 Å². The molecule has 0 saturated carbocycles. The van der Waals surface area contributed by atoms with Crippen LogP contribution in [0.4, 0.5) is 0 Å². The number of thiophene rings is 1. The largest absolute Gasteiger partial charge is 0.337 e. The molecule has 0 fully saturated rings. The first-order valence-corrected chi connectivity index (χ1v) is 9.41. The summed E-state index contributed by atoms with van der Waals surface area (Å²) >= 11 is 1.58. The van der Waals surface area contributed by atoms with Crippen molar-refractivity contribution in [2.24, 2.45) is 0 Å². The average molecular weight is 369 g/mol. The Morgan fingerprint density at radius 3 is 2.54 bits per heavy atom. The van der Waals surface area contributed by atoms with E-state index in [4.69, 9.17) is 4.52 Å². The quantitative estimate of drug-likeness (QED) is 0.673. The number of benzene rings is 1. The van der Waals surface area contributed by atoms with Crippen LogP contribution in [0.1, 0.15) is 37.1 Å². The molecule has 3 rings (SSSR count). The van der Waals surface area contributed by atoms with Gasteiger partial charge in [-0.15, -0.1) is 11.3 Å². The van der Waals surface area contributed by atoms with Gasteiger partial charge in [-0.25, -0.2) is 0 Å². The van der Waals surface area contributed by atoms with E-state index < -0.39 is 0 Å².